The van der Waals surface area contributed by atoms with Crippen molar-refractivity contribution in [2.24, 2.45) is 0 Å². The molecule has 0 unspecified atom stereocenters. The standard InChI is InChI=1S/C16H20N2O2/c1-2-13(14-6-4-3-5-7-14)10-16(19)18-8-9-20-12-15(18)11-17/h3-7,13,15H,2,8-10,12H2,1H3/t13-,15-/m0/s1. The van der Waals surface area contributed by atoms with Crippen LogP contribution in [0.1, 0.15) is 31.2 Å². The van der Waals surface area contributed by atoms with Crippen molar-refractivity contribution in [2.45, 2.75) is 31.7 Å². The quantitative estimate of drug-likeness (QED) is 0.845. The van der Waals surface area contributed by atoms with Crippen molar-refractivity contribution in [3.63, 3.8) is 0 Å². The minimum Gasteiger partial charge on any atom is -0.376 e. The van der Waals surface area contributed by atoms with E-state index in [9.17, 15) is 4.79 Å². The maximum absolute atomic E-state index is 12.4. The SMILES string of the molecule is CC[C@@H](CC(=O)N1CCOC[C@@H]1C#N)c1ccccc1. The molecule has 0 spiro atoms. The number of carbonyl (C=O) groups excluding carboxylic acids is 1. The van der Waals surface area contributed by atoms with Gasteiger partial charge in [0.1, 0.15) is 6.04 Å². The first-order valence-electron chi connectivity index (χ1n) is 7.08. The number of hydrogen-bond donors (Lipinski definition) is 0. The molecule has 2 atom stereocenters. The zero-order chi connectivity index (χ0) is 14.4. The normalized spacial score (nSPS) is 20.2. The lowest BCUT2D eigenvalue weighted by Gasteiger charge is -2.32. The molecule has 1 aliphatic heterocycles. The molecule has 4 nitrogen and oxygen atoms in total. The second kappa shape index (κ2) is 7.06. The number of amides is 1. The largest absolute Gasteiger partial charge is 0.376 e. The fourth-order valence-electron chi connectivity index (χ4n) is 2.56. The van der Waals surface area contributed by atoms with Crippen molar-refractivity contribution in [2.75, 3.05) is 19.8 Å². The summed E-state index contributed by atoms with van der Waals surface area (Å²) in [7, 11) is 0. The summed E-state index contributed by atoms with van der Waals surface area (Å²) in [4.78, 5) is 14.1. The van der Waals surface area contributed by atoms with Gasteiger partial charge in [-0.15, -0.1) is 0 Å². The Hall–Kier alpha value is -1.86. The maximum atomic E-state index is 12.4. The molecule has 1 aromatic carbocycles. The van der Waals surface area contributed by atoms with Gasteiger partial charge in [0.05, 0.1) is 19.3 Å². The molecular weight excluding hydrogens is 252 g/mol. The number of nitriles is 1. The minimum atomic E-state index is -0.440. The molecule has 4 heteroatoms. The van der Waals surface area contributed by atoms with E-state index in [0.29, 0.717) is 26.2 Å². The second-order valence-corrected chi connectivity index (χ2v) is 5.03. The molecule has 106 valence electrons. The van der Waals surface area contributed by atoms with Crippen molar-refractivity contribution >= 4 is 5.91 Å². The predicted octanol–water partition coefficient (Wildman–Crippen LogP) is 2.32. The van der Waals surface area contributed by atoms with Crippen LogP contribution in [0.4, 0.5) is 0 Å². The van der Waals surface area contributed by atoms with E-state index in [0.717, 1.165) is 6.42 Å². The summed E-state index contributed by atoms with van der Waals surface area (Å²) in [6.07, 6.45) is 1.37. The van der Waals surface area contributed by atoms with Crippen molar-refractivity contribution in [3.8, 4) is 6.07 Å². The molecule has 1 aromatic rings. The van der Waals surface area contributed by atoms with E-state index in [-0.39, 0.29) is 11.8 Å². The Morgan fingerprint density at radius 1 is 1.50 bits per heavy atom. The van der Waals surface area contributed by atoms with E-state index in [1.54, 1.807) is 4.90 Å². The van der Waals surface area contributed by atoms with Crippen molar-refractivity contribution < 1.29 is 9.53 Å². The van der Waals surface area contributed by atoms with Crippen LogP contribution in [0, 0.1) is 11.3 Å². The Morgan fingerprint density at radius 3 is 2.90 bits per heavy atom. The number of benzene rings is 1. The Labute approximate surface area is 120 Å². The molecule has 0 saturated carbocycles. The van der Waals surface area contributed by atoms with Gasteiger partial charge < -0.3 is 9.64 Å². The van der Waals surface area contributed by atoms with Crippen LogP contribution < -0.4 is 0 Å². The molecule has 20 heavy (non-hydrogen) atoms. The van der Waals surface area contributed by atoms with Crippen molar-refractivity contribution in [1.82, 2.24) is 4.90 Å². The zero-order valence-electron chi connectivity index (χ0n) is 11.8. The van der Waals surface area contributed by atoms with Crippen LogP contribution in [0.25, 0.3) is 0 Å². The Kier molecular flexibility index (Phi) is 5.14. The molecular formula is C16H20N2O2. The van der Waals surface area contributed by atoms with Crippen LogP contribution in [-0.2, 0) is 9.53 Å². The van der Waals surface area contributed by atoms with Gasteiger partial charge in [0, 0.05) is 13.0 Å². The minimum absolute atomic E-state index is 0.0514. The van der Waals surface area contributed by atoms with E-state index in [2.05, 4.69) is 25.1 Å². The fraction of sp³-hybridized carbons (Fsp3) is 0.500. The molecule has 1 amide bonds. The van der Waals surface area contributed by atoms with E-state index in [4.69, 9.17) is 10.00 Å². The van der Waals surface area contributed by atoms with Crippen molar-refractivity contribution in [3.05, 3.63) is 35.9 Å². The number of carbonyl (C=O) groups is 1. The smallest absolute Gasteiger partial charge is 0.224 e. The lowest BCUT2D eigenvalue weighted by atomic mass is 9.92. The van der Waals surface area contributed by atoms with Gasteiger partial charge >= 0.3 is 0 Å². The first-order chi connectivity index (χ1) is 9.76. The van der Waals surface area contributed by atoms with Gasteiger partial charge in [-0.3, -0.25) is 4.79 Å². The van der Waals surface area contributed by atoms with Gasteiger partial charge in [0.15, 0.2) is 0 Å². The molecule has 1 fully saturated rings. The number of morpholine rings is 1. The highest BCUT2D eigenvalue weighted by Crippen LogP contribution is 2.24. The summed E-state index contributed by atoms with van der Waals surface area (Å²) in [5.41, 5.74) is 1.19. The number of nitrogens with zero attached hydrogens (tertiary/aromatic N) is 2. The average molecular weight is 272 g/mol. The lowest BCUT2D eigenvalue weighted by Crippen LogP contribution is -2.48. The summed E-state index contributed by atoms with van der Waals surface area (Å²) in [6, 6.07) is 11.8. The first kappa shape index (κ1) is 14.5. The molecule has 0 aromatic heterocycles. The van der Waals surface area contributed by atoms with Gasteiger partial charge in [0.25, 0.3) is 0 Å². The van der Waals surface area contributed by atoms with Crippen LogP contribution in [0.3, 0.4) is 0 Å². The van der Waals surface area contributed by atoms with Gasteiger partial charge in [0.2, 0.25) is 5.91 Å². The first-order valence-corrected chi connectivity index (χ1v) is 7.08. The van der Waals surface area contributed by atoms with Crippen LogP contribution >= 0.6 is 0 Å². The highest BCUT2D eigenvalue weighted by Gasteiger charge is 2.28. The van der Waals surface area contributed by atoms with Gasteiger partial charge in [-0.05, 0) is 17.9 Å². The van der Waals surface area contributed by atoms with Gasteiger partial charge in [-0.2, -0.15) is 5.26 Å². The van der Waals surface area contributed by atoms with E-state index < -0.39 is 6.04 Å². The summed E-state index contributed by atoms with van der Waals surface area (Å²) in [6.45, 7) is 3.45. The van der Waals surface area contributed by atoms with Crippen LogP contribution in [0.5, 0.6) is 0 Å². The number of rotatable bonds is 4. The molecule has 0 bridgehead atoms. The predicted molar refractivity (Wildman–Crippen MR) is 76.0 cm³/mol. The second-order valence-electron chi connectivity index (χ2n) is 5.03. The Bertz CT molecular complexity index is 481. The van der Waals surface area contributed by atoms with Gasteiger partial charge in [-0.25, -0.2) is 0 Å². The zero-order valence-corrected chi connectivity index (χ0v) is 11.8. The molecule has 2 rings (SSSR count). The third-order valence-corrected chi connectivity index (χ3v) is 3.78. The fourth-order valence-corrected chi connectivity index (χ4v) is 2.56. The average Bonchev–Trinajstić information content (AvgIpc) is 2.53. The summed E-state index contributed by atoms with van der Waals surface area (Å²) >= 11 is 0. The Balaban J connectivity index is 2.04. The molecule has 1 aliphatic rings. The summed E-state index contributed by atoms with van der Waals surface area (Å²) < 4.78 is 5.25. The molecule has 0 radical (unpaired) electrons. The third kappa shape index (κ3) is 3.37. The van der Waals surface area contributed by atoms with Crippen molar-refractivity contribution in [1.29, 1.82) is 5.26 Å². The highest BCUT2D eigenvalue weighted by atomic mass is 16.5. The Morgan fingerprint density at radius 2 is 2.25 bits per heavy atom. The monoisotopic (exact) mass is 272 g/mol. The highest BCUT2D eigenvalue weighted by molar-refractivity contribution is 5.78. The van der Waals surface area contributed by atoms with Crippen LogP contribution in [0.15, 0.2) is 30.3 Å². The number of ether oxygens (including phenoxy) is 1. The van der Waals surface area contributed by atoms with E-state index in [1.807, 2.05) is 18.2 Å². The lowest BCUT2D eigenvalue weighted by molar-refractivity contribution is -0.138. The topological polar surface area (TPSA) is 53.3 Å². The van der Waals surface area contributed by atoms with Crippen LogP contribution in [-0.4, -0.2) is 36.6 Å². The summed E-state index contributed by atoms with van der Waals surface area (Å²) in [5, 5.41) is 9.09. The molecule has 0 N–H and O–H groups in total. The summed E-state index contributed by atoms with van der Waals surface area (Å²) in [5.74, 6) is 0.265. The van der Waals surface area contributed by atoms with E-state index in [1.165, 1.54) is 5.56 Å². The molecule has 1 saturated heterocycles. The third-order valence-electron chi connectivity index (χ3n) is 3.78. The maximum Gasteiger partial charge on any atom is 0.224 e. The number of hydrogen-bond acceptors (Lipinski definition) is 3. The van der Waals surface area contributed by atoms with Crippen LogP contribution in [0.2, 0.25) is 0 Å². The molecule has 0 aliphatic carbocycles. The van der Waals surface area contributed by atoms with E-state index >= 15 is 0 Å². The molecule has 1 heterocycles. The van der Waals surface area contributed by atoms with Gasteiger partial charge in [-0.1, -0.05) is 37.3 Å².